The number of hydrogen-bond acceptors (Lipinski definition) is 4. The van der Waals surface area contributed by atoms with Crippen LogP contribution in [0.25, 0.3) is 0 Å². The van der Waals surface area contributed by atoms with Crippen LogP contribution in [0.5, 0.6) is 0 Å². The van der Waals surface area contributed by atoms with Gasteiger partial charge in [-0.1, -0.05) is 55.7 Å². The fraction of sp³-hybridized carbons (Fsp3) is 0.450. The number of carboxylic acid groups (broad SMARTS) is 1. The van der Waals surface area contributed by atoms with Gasteiger partial charge in [0.2, 0.25) is 5.91 Å². The molecule has 0 radical (unpaired) electrons. The van der Waals surface area contributed by atoms with Gasteiger partial charge in [-0.2, -0.15) is 0 Å². The molecule has 2 amide bonds. The number of hydrogen-bond donors (Lipinski definition) is 3. The maximum absolute atomic E-state index is 11.9. The van der Waals surface area contributed by atoms with E-state index in [9.17, 15) is 19.5 Å². The molecule has 1 aromatic carbocycles. The lowest BCUT2D eigenvalue weighted by molar-refractivity contribution is -0.141. The highest BCUT2D eigenvalue weighted by Crippen LogP contribution is 2.08. The maximum atomic E-state index is 11.9. The summed E-state index contributed by atoms with van der Waals surface area (Å²) in [6.45, 7) is 3.41. The Kier molecular flexibility index (Phi) is 11.0. The molecule has 1 atom stereocenters. The van der Waals surface area contributed by atoms with E-state index in [-0.39, 0.29) is 13.2 Å². The monoisotopic (exact) mass is 376 g/mol. The molecule has 0 aliphatic carbocycles. The van der Waals surface area contributed by atoms with Gasteiger partial charge in [0.15, 0.2) is 0 Å². The predicted molar refractivity (Wildman–Crippen MR) is 102 cm³/mol. The minimum atomic E-state index is -1.08. The van der Waals surface area contributed by atoms with Gasteiger partial charge in [0.1, 0.15) is 19.2 Å². The lowest BCUT2D eigenvalue weighted by atomic mass is 10.1. The fourth-order valence-electron chi connectivity index (χ4n) is 2.42. The normalized spacial score (nSPS) is 11.3. The molecule has 0 spiro atoms. The molecule has 0 saturated carbocycles. The van der Waals surface area contributed by atoms with Crippen LogP contribution in [0.2, 0.25) is 0 Å². The van der Waals surface area contributed by atoms with Gasteiger partial charge >= 0.3 is 12.1 Å². The van der Waals surface area contributed by atoms with Crippen molar-refractivity contribution in [2.75, 3.05) is 6.54 Å². The molecule has 7 heteroatoms. The van der Waals surface area contributed by atoms with Crippen molar-refractivity contribution < 1.29 is 24.2 Å². The van der Waals surface area contributed by atoms with Crippen LogP contribution < -0.4 is 10.6 Å². The number of carbonyl (C=O) groups is 3. The third kappa shape index (κ3) is 10.7. The van der Waals surface area contributed by atoms with Gasteiger partial charge in [-0.15, -0.1) is 6.58 Å². The first-order chi connectivity index (χ1) is 13.0. The summed E-state index contributed by atoms with van der Waals surface area (Å²) < 4.78 is 4.99. The first-order valence-electron chi connectivity index (χ1n) is 9.10. The van der Waals surface area contributed by atoms with Crippen molar-refractivity contribution in [1.29, 1.82) is 0 Å². The molecule has 3 N–H and O–H groups in total. The molecule has 0 aromatic heterocycles. The summed E-state index contributed by atoms with van der Waals surface area (Å²) in [4.78, 5) is 34.7. The zero-order chi connectivity index (χ0) is 19.9. The van der Waals surface area contributed by atoms with Crippen LogP contribution in [0, 0.1) is 0 Å². The number of alkyl carbamates (subject to hydrolysis) is 1. The maximum Gasteiger partial charge on any atom is 0.407 e. The first kappa shape index (κ1) is 22.2. The smallest absolute Gasteiger partial charge is 0.407 e. The Morgan fingerprint density at radius 1 is 1.11 bits per heavy atom. The highest BCUT2D eigenvalue weighted by molar-refractivity contribution is 5.86. The van der Waals surface area contributed by atoms with Crippen molar-refractivity contribution in [2.24, 2.45) is 0 Å². The number of rotatable bonds is 13. The molecule has 0 heterocycles. The zero-order valence-electron chi connectivity index (χ0n) is 15.5. The van der Waals surface area contributed by atoms with E-state index in [4.69, 9.17) is 4.74 Å². The van der Waals surface area contributed by atoms with E-state index in [1.54, 1.807) is 0 Å². The second kappa shape index (κ2) is 13.4. The van der Waals surface area contributed by atoms with E-state index in [1.165, 1.54) is 0 Å². The SMILES string of the molecule is C=CCCCCCC[C@H](NC(=O)CNC(=O)OCc1ccccc1)C(=O)O. The average Bonchev–Trinajstić information content (AvgIpc) is 2.67. The molecular weight excluding hydrogens is 348 g/mol. The summed E-state index contributed by atoms with van der Waals surface area (Å²) in [5.41, 5.74) is 0.830. The number of ether oxygens (including phenoxy) is 1. The van der Waals surface area contributed by atoms with Gasteiger partial charge in [0.25, 0.3) is 0 Å². The molecule has 0 bridgehead atoms. The van der Waals surface area contributed by atoms with Crippen LogP contribution >= 0.6 is 0 Å². The molecule has 7 nitrogen and oxygen atoms in total. The third-order valence-corrected chi connectivity index (χ3v) is 3.89. The van der Waals surface area contributed by atoms with Gasteiger partial charge in [-0.3, -0.25) is 4.79 Å². The van der Waals surface area contributed by atoms with Crippen molar-refractivity contribution >= 4 is 18.0 Å². The van der Waals surface area contributed by atoms with Crippen LogP contribution in [0.15, 0.2) is 43.0 Å². The summed E-state index contributed by atoms with van der Waals surface area (Å²) in [7, 11) is 0. The first-order valence-corrected chi connectivity index (χ1v) is 9.10. The van der Waals surface area contributed by atoms with Crippen LogP contribution in [-0.2, 0) is 20.9 Å². The van der Waals surface area contributed by atoms with Crippen molar-refractivity contribution in [3.63, 3.8) is 0 Å². The van der Waals surface area contributed by atoms with Gasteiger partial charge in [-0.25, -0.2) is 9.59 Å². The number of carbonyl (C=O) groups excluding carboxylic acids is 2. The molecule has 1 aromatic rings. The fourth-order valence-corrected chi connectivity index (χ4v) is 2.42. The molecule has 0 unspecified atom stereocenters. The van der Waals surface area contributed by atoms with Crippen LogP contribution in [0.3, 0.4) is 0 Å². The number of aliphatic carboxylic acids is 1. The van der Waals surface area contributed by atoms with E-state index in [0.717, 1.165) is 31.2 Å². The standard InChI is InChI=1S/C20H28N2O5/c1-2-3-4-5-6-10-13-17(19(24)25)22-18(23)14-21-20(26)27-15-16-11-8-7-9-12-16/h2,7-9,11-12,17H,1,3-6,10,13-15H2,(H,21,26)(H,22,23)(H,24,25)/t17-/m0/s1. The van der Waals surface area contributed by atoms with E-state index in [2.05, 4.69) is 17.2 Å². The van der Waals surface area contributed by atoms with Gasteiger partial charge < -0.3 is 20.5 Å². The Morgan fingerprint density at radius 2 is 1.81 bits per heavy atom. The van der Waals surface area contributed by atoms with E-state index in [0.29, 0.717) is 12.8 Å². The number of unbranched alkanes of at least 4 members (excludes halogenated alkanes) is 4. The molecule has 0 aliphatic rings. The van der Waals surface area contributed by atoms with Crippen LogP contribution in [0.1, 0.15) is 44.1 Å². The Hall–Kier alpha value is -2.83. The van der Waals surface area contributed by atoms with E-state index < -0.39 is 24.0 Å². The molecular formula is C20H28N2O5. The van der Waals surface area contributed by atoms with Crippen molar-refractivity contribution in [2.45, 2.75) is 51.2 Å². The Bertz CT molecular complexity index is 604. The number of carboxylic acids is 1. The molecule has 0 aliphatic heterocycles. The Labute approximate surface area is 159 Å². The molecule has 148 valence electrons. The second-order valence-electron chi connectivity index (χ2n) is 6.15. The summed E-state index contributed by atoms with van der Waals surface area (Å²) in [5.74, 6) is -1.65. The minimum Gasteiger partial charge on any atom is -0.480 e. The summed E-state index contributed by atoms with van der Waals surface area (Å²) in [6.07, 6.45) is 6.07. The average molecular weight is 376 g/mol. The van der Waals surface area contributed by atoms with Crippen molar-refractivity contribution in [1.82, 2.24) is 10.6 Å². The van der Waals surface area contributed by atoms with Crippen molar-refractivity contribution in [3.8, 4) is 0 Å². The third-order valence-electron chi connectivity index (χ3n) is 3.89. The highest BCUT2D eigenvalue weighted by Gasteiger charge is 2.19. The number of nitrogens with one attached hydrogen (secondary N) is 2. The molecule has 1 rings (SSSR count). The van der Waals surface area contributed by atoms with E-state index in [1.807, 2.05) is 36.4 Å². The van der Waals surface area contributed by atoms with E-state index >= 15 is 0 Å². The largest absolute Gasteiger partial charge is 0.480 e. The Balaban J connectivity index is 2.23. The lowest BCUT2D eigenvalue weighted by Crippen LogP contribution is -2.45. The summed E-state index contributed by atoms with van der Waals surface area (Å²) in [6, 6.07) is 8.18. The topological polar surface area (TPSA) is 105 Å². The number of allylic oxidation sites excluding steroid dienone is 1. The quantitative estimate of drug-likeness (QED) is 0.363. The predicted octanol–water partition coefficient (Wildman–Crippen LogP) is 3.01. The Morgan fingerprint density at radius 3 is 2.48 bits per heavy atom. The molecule has 27 heavy (non-hydrogen) atoms. The van der Waals surface area contributed by atoms with Gasteiger partial charge in [0, 0.05) is 0 Å². The summed E-state index contributed by atoms with van der Waals surface area (Å²) in [5, 5.41) is 13.9. The summed E-state index contributed by atoms with van der Waals surface area (Å²) >= 11 is 0. The van der Waals surface area contributed by atoms with Crippen LogP contribution in [-0.4, -0.2) is 35.7 Å². The van der Waals surface area contributed by atoms with Crippen LogP contribution in [0.4, 0.5) is 4.79 Å². The highest BCUT2D eigenvalue weighted by atomic mass is 16.5. The second-order valence-corrected chi connectivity index (χ2v) is 6.15. The number of benzene rings is 1. The zero-order valence-corrected chi connectivity index (χ0v) is 15.5. The lowest BCUT2D eigenvalue weighted by Gasteiger charge is -2.14. The minimum absolute atomic E-state index is 0.0951. The van der Waals surface area contributed by atoms with Crippen molar-refractivity contribution in [3.05, 3.63) is 48.6 Å². The molecule has 0 saturated heterocycles. The van der Waals surface area contributed by atoms with Gasteiger partial charge in [-0.05, 0) is 24.8 Å². The van der Waals surface area contributed by atoms with Gasteiger partial charge in [0.05, 0.1) is 0 Å². The molecule has 0 fully saturated rings. The number of amides is 2.